The number of rotatable bonds is 4. The van der Waals surface area contributed by atoms with E-state index in [0.717, 1.165) is 44.1 Å². The molecule has 25 heavy (non-hydrogen) atoms. The highest BCUT2D eigenvalue weighted by Gasteiger charge is 2.25. The van der Waals surface area contributed by atoms with Crippen LogP contribution < -0.4 is 10.6 Å². The minimum atomic E-state index is 0.372. The van der Waals surface area contributed by atoms with Crippen molar-refractivity contribution in [3.63, 3.8) is 0 Å². The number of nitrogens with zero attached hydrogens (tertiary/aromatic N) is 6. The lowest BCUT2D eigenvalue weighted by Gasteiger charge is -2.33. The van der Waals surface area contributed by atoms with Crippen molar-refractivity contribution in [1.82, 2.24) is 24.5 Å². The molecule has 0 saturated carbocycles. The van der Waals surface area contributed by atoms with Crippen LogP contribution in [0.2, 0.25) is 0 Å². The second-order valence-corrected chi connectivity index (χ2v) is 6.36. The monoisotopic (exact) mass is 335 g/mol. The third-order valence-electron chi connectivity index (χ3n) is 4.61. The number of nitrogens with two attached hydrogens (primary N) is 1. The first kappa shape index (κ1) is 15.6. The van der Waals surface area contributed by atoms with Gasteiger partial charge < -0.3 is 15.2 Å². The van der Waals surface area contributed by atoms with E-state index in [2.05, 4.69) is 35.5 Å². The summed E-state index contributed by atoms with van der Waals surface area (Å²) in [6.45, 7) is 2.66. The number of imidazole rings is 1. The summed E-state index contributed by atoms with van der Waals surface area (Å²) in [6.07, 6.45) is 11.4. The fraction of sp³-hybridized carbons (Fsp3) is 0.333. The molecule has 0 aliphatic carbocycles. The molecule has 1 aliphatic rings. The summed E-state index contributed by atoms with van der Waals surface area (Å²) < 4.78 is 2.22. The molecule has 3 aromatic heterocycles. The van der Waals surface area contributed by atoms with Crippen molar-refractivity contribution < 1.29 is 0 Å². The van der Waals surface area contributed by atoms with Gasteiger partial charge in [0, 0.05) is 49.9 Å². The molecule has 4 heterocycles. The number of piperidine rings is 1. The summed E-state index contributed by atoms with van der Waals surface area (Å²) in [6, 6.07) is 5.89. The smallest absolute Gasteiger partial charge is 0.134 e. The van der Waals surface area contributed by atoms with Crippen molar-refractivity contribution in [3.05, 3.63) is 60.7 Å². The Morgan fingerprint density at radius 1 is 1.20 bits per heavy atom. The average molecular weight is 335 g/mol. The second kappa shape index (κ2) is 6.88. The number of aromatic nitrogens is 5. The predicted molar refractivity (Wildman–Crippen MR) is 96.2 cm³/mol. The van der Waals surface area contributed by atoms with Gasteiger partial charge in [0.2, 0.25) is 0 Å². The summed E-state index contributed by atoms with van der Waals surface area (Å²) >= 11 is 0. The van der Waals surface area contributed by atoms with Gasteiger partial charge in [-0.05, 0) is 24.5 Å². The molecule has 0 radical (unpaired) electrons. The minimum absolute atomic E-state index is 0.372. The Kier molecular flexibility index (Phi) is 4.28. The third kappa shape index (κ3) is 3.45. The standard InChI is InChI=1S/C18H21N7/c19-16-9-17(23-13-22-16)24-7-2-4-15(12-24)18-21-6-8-25(18)11-14-3-1-5-20-10-14/h1,3,5-6,8-10,13,15H,2,4,7,11-12H2,(H2,19,22,23). The van der Waals surface area contributed by atoms with Crippen LogP contribution in [0.4, 0.5) is 11.6 Å². The minimum Gasteiger partial charge on any atom is -0.384 e. The lowest BCUT2D eigenvalue weighted by molar-refractivity contribution is 0.474. The van der Waals surface area contributed by atoms with Crippen molar-refractivity contribution in [1.29, 1.82) is 0 Å². The Balaban J connectivity index is 1.53. The molecule has 2 N–H and O–H groups in total. The summed E-state index contributed by atoms with van der Waals surface area (Å²) in [4.78, 5) is 19.5. The average Bonchev–Trinajstić information content (AvgIpc) is 3.11. The van der Waals surface area contributed by atoms with E-state index in [4.69, 9.17) is 5.73 Å². The van der Waals surface area contributed by atoms with Gasteiger partial charge in [0.05, 0.1) is 6.54 Å². The van der Waals surface area contributed by atoms with Gasteiger partial charge in [-0.1, -0.05) is 6.07 Å². The van der Waals surface area contributed by atoms with E-state index < -0.39 is 0 Å². The van der Waals surface area contributed by atoms with Crippen LogP contribution in [0, 0.1) is 0 Å². The zero-order valence-electron chi connectivity index (χ0n) is 14.0. The number of anilines is 2. The van der Waals surface area contributed by atoms with E-state index in [-0.39, 0.29) is 0 Å². The molecule has 0 spiro atoms. The maximum absolute atomic E-state index is 5.80. The van der Waals surface area contributed by atoms with Crippen LogP contribution in [-0.4, -0.2) is 37.6 Å². The molecule has 7 heteroatoms. The van der Waals surface area contributed by atoms with E-state index >= 15 is 0 Å². The Hall–Kier alpha value is -2.96. The number of nitrogen functional groups attached to an aromatic ring is 1. The molecule has 128 valence electrons. The van der Waals surface area contributed by atoms with E-state index in [9.17, 15) is 0 Å². The van der Waals surface area contributed by atoms with Gasteiger partial charge in [-0.2, -0.15) is 0 Å². The Labute approximate surface area is 146 Å². The fourth-order valence-electron chi connectivity index (χ4n) is 3.43. The van der Waals surface area contributed by atoms with Crippen LogP contribution >= 0.6 is 0 Å². The molecule has 0 bridgehead atoms. The highest BCUT2D eigenvalue weighted by Crippen LogP contribution is 2.29. The van der Waals surface area contributed by atoms with Gasteiger partial charge in [-0.15, -0.1) is 0 Å². The van der Waals surface area contributed by atoms with E-state index in [0.29, 0.717) is 11.7 Å². The van der Waals surface area contributed by atoms with Crippen molar-refractivity contribution >= 4 is 11.6 Å². The maximum atomic E-state index is 5.80. The topological polar surface area (TPSA) is 85.8 Å². The Morgan fingerprint density at radius 2 is 2.16 bits per heavy atom. The summed E-state index contributed by atoms with van der Waals surface area (Å²) in [5.74, 6) is 2.89. The Bertz CT molecular complexity index is 830. The maximum Gasteiger partial charge on any atom is 0.134 e. The largest absolute Gasteiger partial charge is 0.384 e. The molecular weight excluding hydrogens is 314 g/mol. The van der Waals surface area contributed by atoms with Crippen molar-refractivity contribution in [2.75, 3.05) is 23.7 Å². The molecule has 3 aromatic rings. The van der Waals surface area contributed by atoms with Crippen LogP contribution in [0.1, 0.15) is 30.1 Å². The van der Waals surface area contributed by atoms with E-state index in [1.165, 1.54) is 11.9 Å². The van der Waals surface area contributed by atoms with Gasteiger partial charge in [-0.3, -0.25) is 4.98 Å². The van der Waals surface area contributed by atoms with Crippen molar-refractivity contribution in [2.24, 2.45) is 0 Å². The highest BCUT2D eigenvalue weighted by molar-refractivity contribution is 5.46. The van der Waals surface area contributed by atoms with Crippen molar-refractivity contribution in [2.45, 2.75) is 25.3 Å². The van der Waals surface area contributed by atoms with Crippen LogP contribution in [0.25, 0.3) is 0 Å². The molecule has 7 nitrogen and oxygen atoms in total. The molecule has 0 amide bonds. The summed E-state index contributed by atoms with van der Waals surface area (Å²) in [5.41, 5.74) is 6.98. The van der Waals surface area contributed by atoms with Crippen LogP contribution in [0.15, 0.2) is 49.3 Å². The number of hydrogen-bond acceptors (Lipinski definition) is 6. The fourth-order valence-corrected chi connectivity index (χ4v) is 3.43. The lowest BCUT2D eigenvalue weighted by Crippen LogP contribution is -2.36. The molecular formula is C18H21N7. The molecule has 1 atom stereocenters. The molecule has 1 aliphatic heterocycles. The molecule has 1 unspecified atom stereocenters. The molecule has 1 fully saturated rings. The zero-order chi connectivity index (χ0) is 17.1. The van der Waals surface area contributed by atoms with Gasteiger partial charge in [0.1, 0.15) is 23.8 Å². The first-order valence-electron chi connectivity index (χ1n) is 8.52. The second-order valence-electron chi connectivity index (χ2n) is 6.36. The molecule has 0 aromatic carbocycles. The van der Waals surface area contributed by atoms with E-state index in [1.807, 2.05) is 30.7 Å². The molecule has 4 rings (SSSR count). The van der Waals surface area contributed by atoms with Gasteiger partial charge in [0.25, 0.3) is 0 Å². The Morgan fingerprint density at radius 3 is 3.00 bits per heavy atom. The van der Waals surface area contributed by atoms with Gasteiger partial charge in [-0.25, -0.2) is 15.0 Å². The lowest BCUT2D eigenvalue weighted by atomic mass is 9.97. The summed E-state index contributed by atoms with van der Waals surface area (Å²) in [7, 11) is 0. The number of pyridine rings is 1. The van der Waals surface area contributed by atoms with Crippen LogP contribution in [0.3, 0.4) is 0 Å². The van der Waals surface area contributed by atoms with Crippen LogP contribution in [0.5, 0.6) is 0 Å². The van der Waals surface area contributed by atoms with Gasteiger partial charge in [0.15, 0.2) is 0 Å². The quantitative estimate of drug-likeness (QED) is 0.786. The first-order chi connectivity index (χ1) is 12.3. The van der Waals surface area contributed by atoms with Crippen molar-refractivity contribution in [3.8, 4) is 0 Å². The first-order valence-corrected chi connectivity index (χ1v) is 8.52. The van der Waals surface area contributed by atoms with Crippen LogP contribution in [-0.2, 0) is 6.54 Å². The normalized spacial score (nSPS) is 17.6. The molecule has 1 saturated heterocycles. The number of hydrogen-bond donors (Lipinski definition) is 1. The zero-order valence-corrected chi connectivity index (χ0v) is 14.0. The van der Waals surface area contributed by atoms with Gasteiger partial charge >= 0.3 is 0 Å². The third-order valence-corrected chi connectivity index (χ3v) is 4.61. The highest BCUT2D eigenvalue weighted by atomic mass is 15.2. The summed E-state index contributed by atoms with van der Waals surface area (Å²) in [5, 5.41) is 0. The predicted octanol–water partition coefficient (Wildman–Crippen LogP) is 2.08. The SMILES string of the molecule is Nc1cc(N2CCCC(c3nccn3Cc3cccnc3)C2)ncn1. The van der Waals surface area contributed by atoms with E-state index in [1.54, 1.807) is 6.20 Å².